The Kier molecular flexibility index (Phi) is 5.37. The van der Waals surface area contributed by atoms with Gasteiger partial charge >= 0.3 is 5.97 Å². The van der Waals surface area contributed by atoms with E-state index >= 15 is 0 Å². The van der Waals surface area contributed by atoms with Gasteiger partial charge in [0.05, 0.1) is 18.5 Å². The molecule has 3 aromatic rings. The lowest BCUT2D eigenvalue weighted by atomic mass is 10.1. The highest BCUT2D eigenvalue weighted by Crippen LogP contribution is 2.37. The highest BCUT2D eigenvalue weighted by Gasteiger charge is 2.24. The summed E-state index contributed by atoms with van der Waals surface area (Å²) < 4.78 is 25.9. The number of rotatable bonds is 5. The maximum Gasteiger partial charge on any atom is 0.346 e. The predicted octanol–water partition coefficient (Wildman–Crippen LogP) is 4.38. The Labute approximate surface area is 158 Å². The van der Waals surface area contributed by atoms with Gasteiger partial charge in [-0.3, -0.25) is 0 Å². The molecule has 1 heterocycles. The zero-order chi connectivity index (χ0) is 18.7. The summed E-state index contributed by atoms with van der Waals surface area (Å²) in [5.74, 6) is -0.591. The molecule has 3 rings (SSSR count). The molecule has 1 unspecified atom stereocenters. The quantitative estimate of drug-likeness (QED) is 0.576. The third kappa shape index (κ3) is 3.62. The van der Waals surface area contributed by atoms with E-state index in [1.165, 1.54) is 19.2 Å². The van der Waals surface area contributed by atoms with E-state index in [0.29, 0.717) is 10.2 Å². The number of para-hydroxylation sites is 1. The van der Waals surface area contributed by atoms with Crippen LogP contribution in [0, 0.1) is 5.82 Å². The normalized spacial score (nSPS) is 11.8. The van der Waals surface area contributed by atoms with Crippen molar-refractivity contribution < 1.29 is 18.7 Å². The van der Waals surface area contributed by atoms with Gasteiger partial charge in [-0.1, -0.05) is 18.2 Å². The average Bonchev–Trinajstić information content (AvgIpc) is 2.99. The summed E-state index contributed by atoms with van der Waals surface area (Å²) in [7, 11) is 1.30. The zero-order valence-electron chi connectivity index (χ0n) is 14.1. The number of carbonyl (C=O) groups excluding carboxylic acids is 1. The Balaban J connectivity index is 2.11. The third-order valence-corrected chi connectivity index (χ3v) is 4.45. The first kappa shape index (κ1) is 18.1. The van der Waals surface area contributed by atoms with Crippen molar-refractivity contribution in [1.82, 2.24) is 9.78 Å². The standard InChI is InChI=1S/C19H16BrFN2O3/c1-12(19(24)25-2)26-18-16(20)17(13-8-10-14(21)11-9-13)23(22-18)15-6-4-3-5-7-15/h3-12H,1-2H3. The molecular weight excluding hydrogens is 403 g/mol. The highest BCUT2D eigenvalue weighted by atomic mass is 79.9. The molecule has 0 N–H and O–H groups in total. The molecule has 0 bridgehead atoms. The molecule has 0 spiro atoms. The maximum absolute atomic E-state index is 13.3. The van der Waals surface area contributed by atoms with Crippen molar-refractivity contribution in [2.45, 2.75) is 13.0 Å². The number of hydrogen-bond donors (Lipinski definition) is 0. The molecule has 5 nitrogen and oxygen atoms in total. The van der Waals surface area contributed by atoms with Crippen molar-refractivity contribution in [3.63, 3.8) is 0 Å². The van der Waals surface area contributed by atoms with Crippen molar-refractivity contribution in [3.8, 4) is 22.8 Å². The maximum atomic E-state index is 13.3. The van der Waals surface area contributed by atoms with Crippen LogP contribution < -0.4 is 4.74 Å². The van der Waals surface area contributed by atoms with Crippen molar-refractivity contribution in [3.05, 3.63) is 64.9 Å². The van der Waals surface area contributed by atoms with Crippen LogP contribution in [0.5, 0.6) is 5.88 Å². The van der Waals surface area contributed by atoms with Crippen LogP contribution in [0.2, 0.25) is 0 Å². The highest BCUT2D eigenvalue weighted by molar-refractivity contribution is 9.10. The summed E-state index contributed by atoms with van der Waals surface area (Å²) in [6.07, 6.45) is -0.823. The topological polar surface area (TPSA) is 53.4 Å². The van der Waals surface area contributed by atoms with Crippen LogP contribution in [0.15, 0.2) is 59.1 Å². The molecule has 26 heavy (non-hydrogen) atoms. The lowest BCUT2D eigenvalue weighted by molar-refractivity contribution is -0.148. The second-order valence-corrected chi connectivity index (χ2v) is 6.30. The summed E-state index contributed by atoms with van der Waals surface area (Å²) in [5.41, 5.74) is 2.23. The van der Waals surface area contributed by atoms with Gasteiger partial charge in [0, 0.05) is 5.56 Å². The van der Waals surface area contributed by atoms with Crippen LogP contribution in [-0.2, 0) is 9.53 Å². The largest absolute Gasteiger partial charge is 0.466 e. The van der Waals surface area contributed by atoms with Crippen LogP contribution in [0.1, 0.15) is 6.92 Å². The van der Waals surface area contributed by atoms with Crippen LogP contribution >= 0.6 is 15.9 Å². The third-order valence-electron chi connectivity index (χ3n) is 3.74. The molecule has 0 aliphatic heterocycles. The number of methoxy groups -OCH3 is 1. The Bertz CT molecular complexity index is 911. The van der Waals surface area contributed by atoms with E-state index in [0.717, 1.165) is 11.3 Å². The number of halogens is 2. The summed E-state index contributed by atoms with van der Waals surface area (Å²) in [6.45, 7) is 1.58. The summed E-state index contributed by atoms with van der Waals surface area (Å²) in [4.78, 5) is 11.7. The Morgan fingerprint density at radius 1 is 1.15 bits per heavy atom. The minimum atomic E-state index is -0.823. The summed E-state index contributed by atoms with van der Waals surface area (Å²) in [5, 5.41) is 4.48. The number of aromatic nitrogens is 2. The molecule has 0 fully saturated rings. The molecule has 1 atom stereocenters. The minimum Gasteiger partial charge on any atom is -0.466 e. The van der Waals surface area contributed by atoms with Crippen molar-refractivity contribution >= 4 is 21.9 Å². The molecule has 7 heteroatoms. The fraction of sp³-hybridized carbons (Fsp3) is 0.158. The first-order valence-electron chi connectivity index (χ1n) is 7.85. The molecule has 0 amide bonds. The second-order valence-electron chi connectivity index (χ2n) is 5.51. The molecule has 0 aliphatic rings. The predicted molar refractivity (Wildman–Crippen MR) is 98.8 cm³/mol. The molecule has 0 aliphatic carbocycles. The molecule has 134 valence electrons. The SMILES string of the molecule is COC(=O)C(C)Oc1nn(-c2ccccc2)c(-c2ccc(F)cc2)c1Br. The molecule has 0 saturated heterocycles. The van der Waals surface area contributed by atoms with Crippen molar-refractivity contribution in [2.24, 2.45) is 0 Å². The van der Waals surface area contributed by atoms with Gasteiger partial charge < -0.3 is 9.47 Å². The van der Waals surface area contributed by atoms with E-state index in [2.05, 4.69) is 25.8 Å². The van der Waals surface area contributed by atoms with Gasteiger partial charge in [0.15, 0.2) is 6.10 Å². The Hall–Kier alpha value is -2.67. The molecule has 2 aromatic carbocycles. The van der Waals surface area contributed by atoms with Gasteiger partial charge in [0.25, 0.3) is 0 Å². The number of nitrogens with zero attached hydrogens (tertiary/aromatic N) is 2. The van der Waals surface area contributed by atoms with Crippen molar-refractivity contribution in [1.29, 1.82) is 0 Å². The number of hydrogen-bond acceptors (Lipinski definition) is 4. The Morgan fingerprint density at radius 3 is 2.42 bits per heavy atom. The van der Waals surface area contributed by atoms with Gasteiger partial charge in [-0.2, -0.15) is 0 Å². The van der Waals surface area contributed by atoms with Crippen molar-refractivity contribution in [2.75, 3.05) is 7.11 Å². The van der Waals surface area contributed by atoms with E-state index in [-0.39, 0.29) is 11.7 Å². The second kappa shape index (κ2) is 7.70. The van der Waals surface area contributed by atoms with Crippen LogP contribution in [0.25, 0.3) is 16.9 Å². The monoisotopic (exact) mass is 418 g/mol. The van der Waals surface area contributed by atoms with E-state index in [9.17, 15) is 9.18 Å². The number of ether oxygens (including phenoxy) is 2. The number of carbonyl (C=O) groups is 1. The van der Waals surface area contributed by atoms with E-state index in [1.807, 2.05) is 30.3 Å². The summed E-state index contributed by atoms with van der Waals surface area (Å²) in [6, 6.07) is 15.5. The smallest absolute Gasteiger partial charge is 0.346 e. The molecular formula is C19H16BrFN2O3. The zero-order valence-corrected chi connectivity index (χ0v) is 15.7. The van der Waals surface area contributed by atoms with E-state index < -0.39 is 12.1 Å². The van der Waals surface area contributed by atoms with E-state index in [1.54, 1.807) is 23.7 Å². The van der Waals surface area contributed by atoms with Crippen LogP contribution in [0.4, 0.5) is 4.39 Å². The fourth-order valence-electron chi connectivity index (χ4n) is 2.45. The first-order chi connectivity index (χ1) is 12.5. The molecule has 0 saturated carbocycles. The first-order valence-corrected chi connectivity index (χ1v) is 8.65. The lowest BCUT2D eigenvalue weighted by Gasteiger charge is -2.10. The van der Waals surface area contributed by atoms with Gasteiger partial charge in [-0.15, -0.1) is 5.10 Å². The van der Waals surface area contributed by atoms with Gasteiger partial charge in [0.1, 0.15) is 10.3 Å². The van der Waals surface area contributed by atoms with Gasteiger partial charge in [0.2, 0.25) is 5.88 Å². The average molecular weight is 419 g/mol. The number of esters is 1. The summed E-state index contributed by atoms with van der Waals surface area (Å²) >= 11 is 3.50. The van der Waals surface area contributed by atoms with Crippen LogP contribution in [0.3, 0.4) is 0 Å². The van der Waals surface area contributed by atoms with Gasteiger partial charge in [-0.05, 0) is 59.3 Å². The lowest BCUT2D eigenvalue weighted by Crippen LogP contribution is -2.25. The Morgan fingerprint density at radius 2 is 1.81 bits per heavy atom. The van der Waals surface area contributed by atoms with Gasteiger partial charge in [-0.25, -0.2) is 13.9 Å². The van der Waals surface area contributed by atoms with E-state index in [4.69, 9.17) is 4.74 Å². The van der Waals surface area contributed by atoms with Crippen LogP contribution in [-0.4, -0.2) is 29.0 Å². The molecule has 0 radical (unpaired) electrons. The number of benzene rings is 2. The molecule has 1 aromatic heterocycles. The fourth-order valence-corrected chi connectivity index (χ4v) is 3.02. The minimum absolute atomic E-state index is 0.242.